The molecule has 0 amide bonds. The van der Waals surface area contributed by atoms with Crippen LogP contribution in [0.3, 0.4) is 0 Å². The molecular formula is C13H23Cl2NO3. The average molecular weight is 312 g/mol. The molecule has 2 rings (SSSR count). The van der Waals surface area contributed by atoms with Gasteiger partial charge in [-0.05, 0) is 38.0 Å². The van der Waals surface area contributed by atoms with E-state index in [1.54, 1.807) is 0 Å². The lowest BCUT2D eigenvalue weighted by atomic mass is 9.86. The lowest BCUT2D eigenvalue weighted by Gasteiger charge is -2.42. The molecule has 1 unspecified atom stereocenters. The maximum Gasteiger partial charge on any atom is 0.118 e. The Hall–Kier alpha value is 0.420. The molecule has 3 atom stereocenters. The number of β-amino-alcohol motifs (C(OH)–C–C–N with tert-alkyl or cyclic N) is 1. The predicted molar refractivity (Wildman–Crippen MR) is 75.5 cm³/mol. The maximum absolute atomic E-state index is 9.76. The fourth-order valence-electron chi connectivity index (χ4n) is 3.12. The third kappa shape index (κ3) is 4.19. The van der Waals surface area contributed by atoms with Crippen molar-refractivity contribution in [2.45, 2.75) is 54.7 Å². The van der Waals surface area contributed by atoms with Crippen molar-refractivity contribution < 1.29 is 15.3 Å². The van der Waals surface area contributed by atoms with Gasteiger partial charge in [-0.2, -0.15) is 0 Å². The molecule has 4 nitrogen and oxygen atoms in total. The van der Waals surface area contributed by atoms with Crippen molar-refractivity contribution in [2.75, 3.05) is 19.7 Å². The Kier molecular flexibility index (Phi) is 5.37. The van der Waals surface area contributed by atoms with Crippen LogP contribution in [0.2, 0.25) is 0 Å². The Balaban J connectivity index is 1.87. The standard InChI is InChI=1S/C13H23Cl2NO3/c14-13(15)3-1-9(2-4-13)6-16-7-12(19)11(18)5-10(16)8-17/h9-12,17-19H,1-8H2/t10-,11?,12+/m1/s1. The number of halogens is 2. The lowest BCUT2D eigenvalue weighted by Crippen LogP contribution is -2.55. The first-order valence-electron chi connectivity index (χ1n) is 7.00. The molecule has 0 aromatic carbocycles. The van der Waals surface area contributed by atoms with E-state index >= 15 is 0 Å². The zero-order chi connectivity index (χ0) is 14.0. The van der Waals surface area contributed by atoms with Gasteiger partial charge in [0.15, 0.2) is 0 Å². The van der Waals surface area contributed by atoms with Crippen LogP contribution in [0.1, 0.15) is 32.1 Å². The van der Waals surface area contributed by atoms with Gasteiger partial charge in [-0.15, -0.1) is 23.2 Å². The molecule has 1 saturated carbocycles. The molecule has 1 aliphatic carbocycles. The normalized spacial score (nSPS) is 37.4. The number of alkyl halides is 2. The minimum Gasteiger partial charge on any atom is -0.395 e. The lowest BCUT2D eigenvalue weighted by molar-refractivity contribution is -0.0756. The number of piperidine rings is 1. The van der Waals surface area contributed by atoms with E-state index in [4.69, 9.17) is 23.2 Å². The zero-order valence-corrected chi connectivity index (χ0v) is 12.5. The minimum atomic E-state index is -0.724. The summed E-state index contributed by atoms with van der Waals surface area (Å²) in [5.74, 6) is 0.502. The monoisotopic (exact) mass is 311 g/mol. The van der Waals surface area contributed by atoms with Crippen LogP contribution in [0, 0.1) is 5.92 Å². The molecule has 0 aromatic heterocycles. The van der Waals surface area contributed by atoms with E-state index in [9.17, 15) is 15.3 Å². The second-order valence-corrected chi connectivity index (χ2v) is 7.60. The van der Waals surface area contributed by atoms with Crippen molar-refractivity contribution in [3.63, 3.8) is 0 Å². The first-order valence-corrected chi connectivity index (χ1v) is 7.76. The van der Waals surface area contributed by atoms with Gasteiger partial charge in [0, 0.05) is 19.1 Å². The number of aliphatic hydroxyl groups is 3. The Morgan fingerprint density at radius 1 is 1.11 bits per heavy atom. The van der Waals surface area contributed by atoms with Crippen LogP contribution < -0.4 is 0 Å². The molecule has 0 spiro atoms. The molecule has 1 aliphatic heterocycles. The molecule has 0 aromatic rings. The van der Waals surface area contributed by atoms with Gasteiger partial charge >= 0.3 is 0 Å². The molecule has 0 radical (unpaired) electrons. The molecule has 6 heteroatoms. The molecule has 3 N–H and O–H groups in total. The van der Waals surface area contributed by atoms with Crippen LogP contribution in [-0.4, -0.2) is 62.5 Å². The average Bonchev–Trinajstić information content (AvgIpc) is 2.36. The summed E-state index contributed by atoms with van der Waals surface area (Å²) in [4.78, 5) is 2.09. The van der Waals surface area contributed by atoms with Crippen molar-refractivity contribution in [1.82, 2.24) is 4.90 Å². The highest BCUT2D eigenvalue weighted by Crippen LogP contribution is 2.40. The Morgan fingerprint density at radius 2 is 1.74 bits per heavy atom. The highest BCUT2D eigenvalue weighted by molar-refractivity contribution is 6.48. The van der Waals surface area contributed by atoms with Crippen LogP contribution in [0.5, 0.6) is 0 Å². The molecule has 1 heterocycles. The van der Waals surface area contributed by atoms with Crippen molar-refractivity contribution in [3.8, 4) is 0 Å². The van der Waals surface area contributed by atoms with E-state index in [0.717, 1.165) is 32.2 Å². The topological polar surface area (TPSA) is 63.9 Å². The Morgan fingerprint density at radius 3 is 2.32 bits per heavy atom. The van der Waals surface area contributed by atoms with Gasteiger partial charge < -0.3 is 15.3 Å². The number of hydrogen-bond donors (Lipinski definition) is 3. The summed E-state index contributed by atoms with van der Waals surface area (Å²) in [6.45, 7) is 1.28. The van der Waals surface area contributed by atoms with Gasteiger partial charge in [0.05, 0.1) is 18.8 Å². The van der Waals surface area contributed by atoms with Crippen LogP contribution in [-0.2, 0) is 0 Å². The smallest absolute Gasteiger partial charge is 0.118 e. The highest BCUT2D eigenvalue weighted by atomic mass is 35.5. The maximum atomic E-state index is 9.76. The second-order valence-electron chi connectivity index (χ2n) is 5.96. The molecule has 0 bridgehead atoms. The van der Waals surface area contributed by atoms with E-state index in [1.807, 2.05) is 0 Å². The van der Waals surface area contributed by atoms with Crippen molar-refractivity contribution in [2.24, 2.45) is 5.92 Å². The second kappa shape index (κ2) is 6.46. The predicted octanol–water partition coefficient (Wildman–Crippen LogP) is 1.14. The van der Waals surface area contributed by atoms with E-state index in [2.05, 4.69) is 4.90 Å². The third-order valence-electron chi connectivity index (χ3n) is 4.44. The van der Waals surface area contributed by atoms with Gasteiger partial charge in [0.25, 0.3) is 0 Å². The van der Waals surface area contributed by atoms with Gasteiger partial charge in [-0.3, -0.25) is 4.90 Å². The fraction of sp³-hybridized carbons (Fsp3) is 1.00. The number of hydrogen-bond acceptors (Lipinski definition) is 4. The third-order valence-corrected chi connectivity index (χ3v) is 5.19. The zero-order valence-electron chi connectivity index (χ0n) is 11.0. The summed E-state index contributed by atoms with van der Waals surface area (Å²) < 4.78 is -0.579. The molecule has 2 fully saturated rings. The summed E-state index contributed by atoms with van der Waals surface area (Å²) in [6, 6.07) is -0.0583. The van der Waals surface area contributed by atoms with Crippen molar-refractivity contribution in [1.29, 1.82) is 0 Å². The number of rotatable bonds is 3. The van der Waals surface area contributed by atoms with E-state index < -0.39 is 16.5 Å². The van der Waals surface area contributed by atoms with E-state index in [1.165, 1.54) is 0 Å². The molecule has 19 heavy (non-hydrogen) atoms. The van der Waals surface area contributed by atoms with Crippen molar-refractivity contribution >= 4 is 23.2 Å². The summed E-state index contributed by atoms with van der Waals surface area (Å²) >= 11 is 12.2. The van der Waals surface area contributed by atoms with E-state index in [0.29, 0.717) is 18.9 Å². The summed E-state index contributed by atoms with van der Waals surface area (Å²) in [6.07, 6.45) is 2.53. The summed E-state index contributed by atoms with van der Waals surface area (Å²) in [5.41, 5.74) is 0. The molecule has 1 saturated heterocycles. The quantitative estimate of drug-likeness (QED) is 0.684. The van der Waals surface area contributed by atoms with E-state index in [-0.39, 0.29) is 12.6 Å². The highest BCUT2D eigenvalue weighted by Gasteiger charge is 2.36. The van der Waals surface area contributed by atoms with Gasteiger partial charge in [0.1, 0.15) is 4.33 Å². The van der Waals surface area contributed by atoms with Gasteiger partial charge in [-0.1, -0.05) is 0 Å². The van der Waals surface area contributed by atoms with Crippen LogP contribution in [0.25, 0.3) is 0 Å². The number of nitrogens with zero attached hydrogens (tertiary/aromatic N) is 1. The van der Waals surface area contributed by atoms with Gasteiger partial charge in [-0.25, -0.2) is 0 Å². The molecular weight excluding hydrogens is 289 g/mol. The molecule has 2 aliphatic rings. The number of aliphatic hydroxyl groups excluding tert-OH is 3. The van der Waals surface area contributed by atoms with Gasteiger partial charge in [0.2, 0.25) is 0 Å². The first-order chi connectivity index (χ1) is 8.91. The first kappa shape index (κ1) is 15.8. The van der Waals surface area contributed by atoms with Crippen LogP contribution in [0.15, 0.2) is 0 Å². The Labute approximate surface area is 124 Å². The summed E-state index contributed by atoms with van der Waals surface area (Å²) in [7, 11) is 0. The van der Waals surface area contributed by atoms with Crippen molar-refractivity contribution in [3.05, 3.63) is 0 Å². The SMILES string of the molecule is OC[C@H]1CC(O)[C@@H](O)CN1CC1CCC(Cl)(Cl)CC1. The molecule has 112 valence electrons. The number of likely N-dealkylation sites (tertiary alicyclic amines) is 1. The summed E-state index contributed by atoms with van der Waals surface area (Å²) in [5, 5.41) is 28.8. The fourth-order valence-corrected chi connectivity index (χ4v) is 3.56. The van der Waals surface area contributed by atoms with Crippen LogP contribution in [0.4, 0.5) is 0 Å². The van der Waals surface area contributed by atoms with Crippen LogP contribution >= 0.6 is 23.2 Å². The Bertz CT molecular complexity index is 294. The largest absolute Gasteiger partial charge is 0.395 e. The minimum absolute atomic E-state index is 0.0193.